The summed E-state index contributed by atoms with van der Waals surface area (Å²) in [6.45, 7) is -0.938. The van der Waals surface area contributed by atoms with Crippen molar-refractivity contribution < 1.29 is 31.9 Å². The van der Waals surface area contributed by atoms with Gasteiger partial charge in [0.05, 0.1) is 6.26 Å². The highest BCUT2D eigenvalue weighted by molar-refractivity contribution is 6.00. The van der Waals surface area contributed by atoms with E-state index in [1.54, 1.807) is 6.07 Å². The number of nitrogens with one attached hydrogen (secondary N) is 1. The molecule has 6 nitrogen and oxygen atoms in total. The highest BCUT2D eigenvalue weighted by atomic mass is 19.4. The number of hydrogen-bond acceptors (Lipinski definition) is 4. The smallest absolute Gasteiger partial charge is 0.422 e. The van der Waals surface area contributed by atoms with E-state index in [9.17, 15) is 22.8 Å². The van der Waals surface area contributed by atoms with E-state index in [-0.39, 0.29) is 23.3 Å². The standard InChI is InChI=1S/C18H17F3N2O4/c19-18(20,21)11-27-13-7-5-12(6-8-13)22-16(24)14-3-1-9-23(14)17(25)15-4-2-10-26-15/h2,4-8,10,14H,1,3,9,11H2,(H,22,24). The molecule has 1 N–H and O–H groups in total. The number of rotatable bonds is 5. The van der Waals surface area contributed by atoms with Crippen LogP contribution in [-0.4, -0.2) is 42.1 Å². The molecular weight excluding hydrogens is 365 g/mol. The Bertz CT molecular complexity index is 788. The minimum Gasteiger partial charge on any atom is -0.484 e. The number of amides is 2. The van der Waals surface area contributed by atoms with Crippen molar-refractivity contribution in [1.82, 2.24) is 4.90 Å². The van der Waals surface area contributed by atoms with Gasteiger partial charge < -0.3 is 19.4 Å². The third-order valence-corrected chi connectivity index (χ3v) is 4.07. The van der Waals surface area contributed by atoms with E-state index in [4.69, 9.17) is 4.42 Å². The van der Waals surface area contributed by atoms with Crippen molar-refractivity contribution in [2.75, 3.05) is 18.5 Å². The van der Waals surface area contributed by atoms with Crippen LogP contribution >= 0.6 is 0 Å². The van der Waals surface area contributed by atoms with Gasteiger partial charge in [0.2, 0.25) is 5.91 Å². The van der Waals surface area contributed by atoms with Crippen molar-refractivity contribution in [3.05, 3.63) is 48.4 Å². The summed E-state index contributed by atoms with van der Waals surface area (Å²) in [5.74, 6) is -0.508. The first-order chi connectivity index (χ1) is 12.8. The molecule has 27 heavy (non-hydrogen) atoms. The average molecular weight is 382 g/mol. The molecule has 0 aliphatic carbocycles. The van der Waals surface area contributed by atoms with Crippen LogP contribution in [0.3, 0.4) is 0 Å². The Morgan fingerprint density at radius 1 is 1.22 bits per heavy atom. The highest BCUT2D eigenvalue weighted by Gasteiger charge is 2.35. The number of likely N-dealkylation sites (tertiary alicyclic amines) is 1. The van der Waals surface area contributed by atoms with Crippen LogP contribution in [0.2, 0.25) is 0 Å². The third-order valence-electron chi connectivity index (χ3n) is 4.07. The Balaban J connectivity index is 1.60. The second-order valence-electron chi connectivity index (χ2n) is 6.05. The predicted molar refractivity (Wildman–Crippen MR) is 89.4 cm³/mol. The zero-order valence-electron chi connectivity index (χ0n) is 14.2. The maximum Gasteiger partial charge on any atom is 0.422 e. The molecule has 1 unspecified atom stereocenters. The van der Waals surface area contributed by atoms with E-state index in [1.165, 1.54) is 41.5 Å². The van der Waals surface area contributed by atoms with Gasteiger partial charge >= 0.3 is 6.18 Å². The number of halogens is 3. The van der Waals surface area contributed by atoms with Crippen molar-refractivity contribution in [3.8, 4) is 5.75 Å². The van der Waals surface area contributed by atoms with Crippen molar-refractivity contribution in [1.29, 1.82) is 0 Å². The molecule has 2 amide bonds. The maximum atomic E-state index is 12.5. The summed E-state index contributed by atoms with van der Waals surface area (Å²) in [5.41, 5.74) is 0.400. The molecule has 2 aromatic rings. The lowest BCUT2D eigenvalue weighted by Gasteiger charge is -2.23. The minimum atomic E-state index is -4.42. The lowest BCUT2D eigenvalue weighted by atomic mass is 10.2. The molecule has 1 aromatic carbocycles. The Morgan fingerprint density at radius 2 is 1.96 bits per heavy atom. The summed E-state index contributed by atoms with van der Waals surface area (Å²) in [4.78, 5) is 26.4. The lowest BCUT2D eigenvalue weighted by molar-refractivity contribution is -0.153. The number of benzene rings is 1. The van der Waals surface area contributed by atoms with Crippen molar-refractivity contribution >= 4 is 17.5 Å². The van der Waals surface area contributed by atoms with E-state index < -0.39 is 18.8 Å². The van der Waals surface area contributed by atoms with E-state index >= 15 is 0 Å². The van der Waals surface area contributed by atoms with Crippen LogP contribution in [0.1, 0.15) is 23.4 Å². The van der Waals surface area contributed by atoms with Crippen molar-refractivity contribution in [2.45, 2.75) is 25.1 Å². The number of anilines is 1. The second kappa shape index (κ2) is 7.73. The largest absolute Gasteiger partial charge is 0.484 e. The molecule has 0 radical (unpaired) electrons. The molecule has 2 heterocycles. The van der Waals surface area contributed by atoms with E-state index in [0.717, 1.165) is 0 Å². The second-order valence-corrected chi connectivity index (χ2v) is 6.05. The normalized spacial score (nSPS) is 17.0. The number of ether oxygens (including phenoxy) is 1. The molecule has 0 saturated carbocycles. The van der Waals surface area contributed by atoms with Gasteiger partial charge in [0.1, 0.15) is 11.8 Å². The molecule has 1 fully saturated rings. The molecule has 9 heteroatoms. The highest BCUT2D eigenvalue weighted by Crippen LogP contribution is 2.23. The van der Waals surface area contributed by atoms with Crippen LogP contribution in [0.5, 0.6) is 5.75 Å². The predicted octanol–water partition coefficient (Wildman–Crippen LogP) is 3.46. The van der Waals surface area contributed by atoms with Crippen molar-refractivity contribution in [2.24, 2.45) is 0 Å². The van der Waals surface area contributed by atoms with Gasteiger partial charge in [0, 0.05) is 12.2 Å². The number of alkyl halides is 3. The van der Waals surface area contributed by atoms with Crippen LogP contribution < -0.4 is 10.1 Å². The van der Waals surface area contributed by atoms with Crippen LogP contribution in [0.25, 0.3) is 0 Å². The molecule has 1 aliphatic rings. The summed E-state index contributed by atoms with van der Waals surface area (Å²) in [6.07, 6.45) is -1.82. The Labute approximate surface area is 152 Å². The fourth-order valence-electron chi connectivity index (χ4n) is 2.85. The molecule has 1 aromatic heterocycles. The number of carbonyl (C=O) groups excluding carboxylic acids is 2. The quantitative estimate of drug-likeness (QED) is 0.860. The molecule has 0 spiro atoms. The maximum absolute atomic E-state index is 12.5. The lowest BCUT2D eigenvalue weighted by Crippen LogP contribution is -2.43. The van der Waals surface area contributed by atoms with Gasteiger partial charge in [-0.15, -0.1) is 0 Å². The third kappa shape index (κ3) is 4.81. The molecule has 144 valence electrons. The Hall–Kier alpha value is -2.97. The molecule has 3 rings (SSSR count). The van der Waals surface area contributed by atoms with Gasteiger partial charge in [-0.25, -0.2) is 0 Å². The van der Waals surface area contributed by atoms with E-state index in [1.807, 2.05) is 0 Å². The molecular formula is C18H17F3N2O4. The van der Waals surface area contributed by atoms with Gasteiger partial charge in [-0.05, 0) is 49.2 Å². The van der Waals surface area contributed by atoms with Crippen LogP contribution in [0.15, 0.2) is 47.1 Å². The summed E-state index contributed by atoms with van der Waals surface area (Å²) in [7, 11) is 0. The number of carbonyl (C=O) groups is 2. The SMILES string of the molecule is O=C(Nc1ccc(OCC(F)(F)F)cc1)C1CCCN1C(=O)c1ccco1. The minimum absolute atomic E-state index is 0.0424. The molecule has 1 atom stereocenters. The fourth-order valence-corrected chi connectivity index (χ4v) is 2.85. The summed E-state index contributed by atoms with van der Waals surface area (Å²) < 4.78 is 46.2. The Morgan fingerprint density at radius 3 is 2.59 bits per heavy atom. The van der Waals surface area contributed by atoms with E-state index in [0.29, 0.717) is 25.1 Å². The van der Waals surface area contributed by atoms with Gasteiger partial charge in [-0.2, -0.15) is 13.2 Å². The molecule has 1 saturated heterocycles. The Kier molecular flexibility index (Phi) is 5.38. The monoisotopic (exact) mass is 382 g/mol. The van der Waals surface area contributed by atoms with Crippen LogP contribution in [0.4, 0.5) is 18.9 Å². The van der Waals surface area contributed by atoms with Gasteiger partial charge in [0.25, 0.3) is 5.91 Å². The number of furan rings is 1. The van der Waals surface area contributed by atoms with Crippen LogP contribution in [-0.2, 0) is 4.79 Å². The van der Waals surface area contributed by atoms with Crippen molar-refractivity contribution in [3.63, 3.8) is 0 Å². The number of hydrogen-bond donors (Lipinski definition) is 1. The average Bonchev–Trinajstić information content (AvgIpc) is 3.31. The molecule has 0 bridgehead atoms. The van der Waals surface area contributed by atoms with Gasteiger partial charge in [-0.1, -0.05) is 0 Å². The summed E-state index contributed by atoms with van der Waals surface area (Å²) in [5, 5.41) is 2.67. The topological polar surface area (TPSA) is 71.8 Å². The first kappa shape index (κ1) is 18.8. The first-order valence-electron chi connectivity index (χ1n) is 8.28. The first-order valence-corrected chi connectivity index (χ1v) is 8.28. The fraction of sp³-hybridized carbons (Fsp3) is 0.333. The zero-order valence-corrected chi connectivity index (χ0v) is 14.2. The summed E-state index contributed by atoms with van der Waals surface area (Å²) in [6, 6.07) is 8.05. The zero-order chi connectivity index (χ0) is 19.4. The number of nitrogens with zero attached hydrogens (tertiary/aromatic N) is 1. The van der Waals surface area contributed by atoms with Gasteiger partial charge in [-0.3, -0.25) is 9.59 Å². The van der Waals surface area contributed by atoms with Crippen LogP contribution in [0, 0.1) is 0 Å². The van der Waals surface area contributed by atoms with Gasteiger partial charge in [0.15, 0.2) is 12.4 Å². The molecule has 1 aliphatic heterocycles. The van der Waals surface area contributed by atoms with E-state index in [2.05, 4.69) is 10.1 Å². The summed E-state index contributed by atoms with van der Waals surface area (Å²) >= 11 is 0.